The zero-order valence-corrected chi connectivity index (χ0v) is 18.9. The normalized spacial score (nSPS) is 11.3. The molecule has 5 heteroatoms. The molecule has 0 spiro atoms. The number of nitrogens with one attached hydrogen (secondary N) is 1. The fourth-order valence-electron chi connectivity index (χ4n) is 3.75. The number of nitrogens with zero attached hydrogens (tertiary/aromatic N) is 2. The first-order chi connectivity index (χ1) is 15.2. The van der Waals surface area contributed by atoms with Gasteiger partial charge in [-0.15, -0.1) is 6.42 Å². The van der Waals surface area contributed by atoms with E-state index in [9.17, 15) is 4.79 Å². The summed E-state index contributed by atoms with van der Waals surface area (Å²) in [6.07, 6.45) is 5.94. The molecule has 1 atom stereocenters. The molecule has 1 unspecified atom stereocenters. The molecule has 0 heterocycles. The summed E-state index contributed by atoms with van der Waals surface area (Å²) in [7, 11) is 3.72. The van der Waals surface area contributed by atoms with Crippen molar-refractivity contribution in [1.29, 1.82) is 5.41 Å². The second-order valence-electron chi connectivity index (χ2n) is 7.86. The Morgan fingerprint density at radius 1 is 0.969 bits per heavy atom. The van der Waals surface area contributed by atoms with Crippen molar-refractivity contribution in [3.05, 3.63) is 94.5 Å². The number of terminal acetylenes is 1. The summed E-state index contributed by atoms with van der Waals surface area (Å²) < 4.78 is 0. The van der Waals surface area contributed by atoms with Crippen LogP contribution in [0.15, 0.2) is 66.7 Å². The number of anilines is 2. The quantitative estimate of drug-likeness (QED) is 0.343. The minimum atomic E-state index is -0.312. The lowest BCUT2D eigenvalue weighted by molar-refractivity contribution is 0.0992. The Morgan fingerprint density at radius 2 is 1.59 bits per heavy atom. The fraction of sp³-hybridized carbons (Fsp3) is 0.185. The molecule has 0 bridgehead atoms. The van der Waals surface area contributed by atoms with Crippen LogP contribution in [0.4, 0.5) is 11.4 Å². The summed E-state index contributed by atoms with van der Waals surface area (Å²) in [5.74, 6) is 2.85. The Labute approximate surface area is 190 Å². The topological polar surface area (TPSA) is 73.4 Å². The summed E-state index contributed by atoms with van der Waals surface area (Å²) in [6, 6.07) is 20.6. The van der Waals surface area contributed by atoms with Gasteiger partial charge in [0.1, 0.15) is 11.9 Å². The molecule has 1 amide bonds. The molecule has 0 radical (unpaired) electrons. The Balaban J connectivity index is 1.92. The Hall–Kier alpha value is -4.04. The largest absolute Gasteiger partial charge is 0.384 e. The molecule has 3 aromatic carbocycles. The van der Waals surface area contributed by atoms with Gasteiger partial charge in [0.25, 0.3) is 5.91 Å². The molecule has 0 saturated carbocycles. The third-order valence-electron chi connectivity index (χ3n) is 5.72. The van der Waals surface area contributed by atoms with Gasteiger partial charge in [0, 0.05) is 36.6 Å². The predicted octanol–water partition coefficient (Wildman–Crippen LogP) is 4.67. The van der Waals surface area contributed by atoms with E-state index in [1.807, 2.05) is 80.4 Å². The highest BCUT2D eigenvalue weighted by Crippen LogP contribution is 2.30. The van der Waals surface area contributed by atoms with Crippen LogP contribution in [-0.4, -0.2) is 25.8 Å². The average molecular weight is 425 g/mol. The summed E-state index contributed by atoms with van der Waals surface area (Å²) in [4.78, 5) is 16.8. The van der Waals surface area contributed by atoms with E-state index >= 15 is 0 Å². The predicted molar refractivity (Wildman–Crippen MR) is 133 cm³/mol. The fourth-order valence-corrected chi connectivity index (χ4v) is 3.75. The van der Waals surface area contributed by atoms with E-state index in [-0.39, 0.29) is 17.8 Å². The molecule has 32 heavy (non-hydrogen) atoms. The Bertz CT molecular complexity index is 1180. The Morgan fingerprint density at radius 3 is 2.16 bits per heavy atom. The second kappa shape index (κ2) is 9.40. The number of carbonyl (C=O) groups is 1. The number of aryl methyl sites for hydroxylation is 2. The van der Waals surface area contributed by atoms with Gasteiger partial charge in [0.05, 0.1) is 0 Å². The molecule has 5 nitrogen and oxygen atoms in total. The highest BCUT2D eigenvalue weighted by molar-refractivity contribution is 6.06. The number of nitrogen functional groups attached to an aromatic ring is 1. The molecule has 0 fully saturated rings. The lowest BCUT2D eigenvalue weighted by atomic mass is 9.94. The lowest BCUT2D eigenvalue weighted by Gasteiger charge is -2.29. The summed E-state index contributed by atoms with van der Waals surface area (Å²) >= 11 is 0. The maximum absolute atomic E-state index is 13.2. The summed E-state index contributed by atoms with van der Waals surface area (Å²) in [6.45, 7) is 3.91. The molecule has 0 aromatic heterocycles. The van der Waals surface area contributed by atoms with Crippen molar-refractivity contribution in [1.82, 2.24) is 0 Å². The first-order valence-electron chi connectivity index (χ1n) is 10.3. The van der Waals surface area contributed by atoms with Gasteiger partial charge < -0.3 is 15.5 Å². The van der Waals surface area contributed by atoms with Gasteiger partial charge in [-0.05, 0) is 73.0 Å². The molecule has 3 N–H and O–H groups in total. The number of para-hydroxylation sites is 1. The van der Waals surface area contributed by atoms with Gasteiger partial charge in [0.2, 0.25) is 0 Å². The van der Waals surface area contributed by atoms with Crippen LogP contribution < -0.4 is 15.5 Å². The van der Waals surface area contributed by atoms with Crippen molar-refractivity contribution in [3.8, 4) is 12.3 Å². The van der Waals surface area contributed by atoms with Crippen LogP contribution >= 0.6 is 0 Å². The number of benzene rings is 3. The second-order valence-corrected chi connectivity index (χ2v) is 7.86. The van der Waals surface area contributed by atoms with Crippen LogP contribution in [-0.2, 0) is 0 Å². The zero-order chi connectivity index (χ0) is 23.4. The van der Waals surface area contributed by atoms with Gasteiger partial charge in [-0.3, -0.25) is 10.2 Å². The van der Waals surface area contributed by atoms with E-state index in [1.54, 1.807) is 24.1 Å². The summed E-state index contributed by atoms with van der Waals surface area (Å²) in [5, 5.41) is 7.56. The van der Waals surface area contributed by atoms with Crippen LogP contribution in [0.1, 0.15) is 38.7 Å². The van der Waals surface area contributed by atoms with E-state index in [1.165, 1.54) is 0 Å². The molecule has 0 aliphatic rings. The minimum absolute atomic E-state index is 0.0277. The number of carbonyl (C=O) groups excluding carboxylic acids is 1. The minimum Gasteiger partial charge on any atom is -0.384 e. The third-order valence-corrected chi connectivity index (χ3v) is 5.72. The lowest BCUT2D eigenvalue weighted by Crippen LogP contribution is -2.28. The van der Waals surface area contributed by atoms with Gasteiger partial charge in [-0.2, -0.15) is 0 Å². The molecule has 0 saturated heterocycles. The first kappa shape index (κ1) is 22.6. The van der Waals surface area contributed by atoms with Crippen molar-refractivity contribution in [2.75, 3.05) is 23.9 Å². The van der Waals surface area contributed by atoms with Crippen LogP contribution in [0.25, 0.3) is 0 Å². The molecule has 0 aliphatic carbocycles. The third kappa shape index (κ3) is 4.50. The number of amides is 1. The van der Waals surface area contributed by atoms with Gasteiger partial charge >= 0.3 is 0 Å². The van der Waals surface area contributed by atoms with E-state index < -0.39 is 0 Å². The van der Waals surface area contributed by atoms with Crippen LogP contribution in [0, 0.1) is 31.6 Å². The number of rotatable bonds is 6. The zero-order valence-electron chi connectivity index (χ0n) is 18.9. The average Bonchev–Trinajstić information content (AvgIpc) is 2.81. The monoisotopic (exact) mass is 424 g/mol. The highest BCUT2D eigenvalue weighted by atomic mass is 16.2. The first-order valence-corrected chi connectivity index (χ1v) is 10.3. The number of hydrogen-bond donors (Lipinski definition) is 2. The molecule has 3 rings (SSSR count). The maximum atomic E-state index is 13.2. The van der Waals surface area contributed by atoms with Crippen molar-refractivity contribution in [2.24, 2.45) is 5.73 Å². The molecular formula is C27H28N4O. The molecule has 0 aliphatic heterocycles. The van der Waals surface area contributed by atoms with E-state index in [0.29, 0.717) is 11.1 Å². The van der Waals surface area contributed by atoms with Crippen molar-refractivity contribution in [2.45, 2.75) is 19.9 Å². The van der Waals surface area contributed by atoms with Gasteiger partial charge in [-0.25, -0.2) is 0 Å². The highest BCUT2D eigenvalue weighted by Gasteiger charge is 2.22. The summed E-state index contributed by atoms with van der Waals surface area (Å²) in [5.41, 5.74) is 11.4. The standard InChI is InChI=1S/C27H28N4O/c1-6-25(30(4)22-14-12-20(13-15-22)26(28)29)23-16-19(3)24(17-18(23)2)27(32)31(5)21-10-8-7-9-11-21/h1,7-17,25H,2-5H3,(H3,28,29). The van der Waals surface area contributed by atoms with E-state index in [2.05, 4.69) is 5.92 Å². The molecule has 162 valence electrons. The SMILES string of the molecule is C#CC(c1cc(C)c(C(=O)N(C)c2ccccc2)cc1C)N(C)c1ccc(C(=N)N)cc1. The molecular weight excluding hydrogens is 396 g/mol. The van der Waals surface area contributed by atoms with E-state index in [4.69, 9.17) is 17.6 Å². The number of hydrogen-bond acceptors (Lipinski definition) is 3. The Kier molecular flexibility index (Phi) is 6.65. The van der Waals surface area contributed by atoms with Crippen LogP contribution in [0.3, 0.4) is 0 Å². The van der Waals surface area contributed by atoms with Gasteiger partial charge in [0.15, 0.2) is 0 Å². The van der Waals surface area contributed by atoms with Crippen molar-refractivity contribution >= 4 is 23.1 Å². The maximum Gasteiger partial charge on any atom is 0.258 e. The number of nitrogens with two attached hydrogens (primary N) is 1. The van der Waals surface area contributed by atoms with Crippen molar-refractivity contribution in [3.63, 3.8) is 0 Å². The van der Waals surface area contributed by atoms with Crippen LogP contribution in [0.2, 0.25) is 0 Å². The van der Waals surface area contributed by atoms with Crippen LogP contribution in [0.5, 0.6) is 0 Å². The smallest absolute Gasteiger partial charge is 0.258 e. The van der Waals surface area contributed by atoms with Crippen molar-refractivity contribution < 1.29 is 4.79 Å². The van der Waals surface area contributed by atoms with E-state index in [0.717, 1.165) is 28.1 Å². The van der Waals surface area contributed by atoms with Gasteiger partial charge in [-0.1, -0.05) is 30.2 Å². The number of amidine groups is 1. The molecule has 3 aromatic rings.